The number of anilines is 1. The lowest BCUT2D eigenvalue weighted by Gasteiger charge is -2.18. The van der Waals surface area contributed by atoms with Crippen molar-refractivity contribution in [1.29, 1.82) is 5.26 Å². The second kappa shape index (κ2) is 7.06. The zero-order chi connectivity index (χ0) is 17.1. The molecule has 0 saturated heterocycles. The van der Waals surface area contributed by atoms with Crippen LogP contribution in [0.15, 0.2) is 48.5 Å². The normalized spacial score (nSPS) is 11.9. The van der Waals surface area contributed by atoms with Crippen molar-refractivity contribution in [2.75, 3.05) is 11.9 Å². The summed E-state index contributed by atoms with van der Waals surface area (Å²) in [6.45, 7) is -0.121. The molecule has 1 heterocycles. The first-order chi connectivity index (χ1) is 11.6. The van der Waals surface area contributed by atoms with Gasteiger partial charge in [-0.25, -0.2) is 4.98 Å². The summed E-state index contributed by atoms with van der Waals surface area (Å²) in [6, 6.07) is 15.9. The Kier molecular flexibility index (Phi) is 4.86. The van der Waals surface area contributed by atoms with Gasteiger partial charge < -0.3 is 10.4 Å². The minimum absolute atomic E-state index is 0.121. The molecule has 3 aromatic rings. The number of pyridine rings is 1. The third-order valence-corrected chi connectivity index (χ3v) is 4.16. The molecule has 24 heavy (non-hydrogen) atoms. The van der Waals surface area contributed by atoms with Crippen molar-refractivity contribution in [2.45, 2.75) is 6.04 Å². The van der Waals surface area contributed by atoms with E-state index in [9.17, 15) is 10.4 Å². The van der Waals surface area contributed by atoms with Crippen LogP contribution in [-0.2, 0) is 0 Å². The average molecular weight is 358 g/mol. The molecule has 6 heteroatoms. The lowest BCUT2D eigenvalue weighted by atomic mass is 10.1. The van der Waals surface area contributed by atoms with Crippen molar-refractivity contribution in [3.05, 3.63) is 69.7 Å². The van der Waals surface area contributed by atoms with Crippen molar-refractivity contribution >= 4 is 39.9 Å². The molecule has 0 spiro atoms. The van der Waals surface area contributed by atoms with Crippen LogP contribution in [0, 0.1) is 11.3 Å². The number of aromatic nitrogens is 1. The molecule has 0 amide bonds. The molecule has 0 bridgehead atoms. The molecule has 4 nitrogen and oxygen atoms in total. The Balaban J connectivity index is 1.98. The standard InChI is InChI=1S/C18H13Cl2N3O/c19-13-3-1-11(2-4-13)17(10-24)23-18-7-12(9-21)15-8-14(20)5-6-16(15)22-18/h1-8,17,24H,10H2,(H,22,23). The van der Waals surface area contributed by atoms with Crippen LogP contribution in [0.1, 0.15) is 17.2 Å². The van der Waals surface area contributed by atoms with Crippen LogP contribution in [0.2, 0.25) is 10.0 Å². The summed E-state index contributed by atoms with van der Waals surface area (Å²) in [4.78, 5) is 4.50. The second-order valence-corrected chi connectivity index (χ2v) is 6.13. The molecule has 2 aromatic carbocycles. The van der Waals surface area contributed by atoms with E-state index in [0.29, 0.717) is 32.3 Å². The van der Waals surface area contributed by atoms with Crippen molar-refractivity contribution < 1.29 is 5.11 Å². The van der Waals surface area contributed by atoms with Crippen molar-refractivity contribution in [2.24, 2.45) is 0 Å². The van der Waals surface area contributed by atoms with Crippen molar-refractivity contribution in [3.63, 3.8) is 0 Å². The van der Waals surface area contributed by atoms with Crippen molar-refractivity contribution in [3.8, 4) is 6.07 Å². The molecule has 1 atom stereocenters. The van der Waals surface area contributed by atoms with Gasteiger partial charge in [-0.05, 0) is 42.0 Å². The molecule has 1 unspecified atom stereocenters. The number of aliphatic hydroxyl groups is 1. The molecule has 0 fully saturated rings. The third kappa shape index (κ3) is 3.44. The lowest BCUT2D eigenvalue weighted by molar-refractivity contribution is 0.276. The summed E-state index contributed by atoms with van der Waals surface area (Å²) < 4.78 is 0. The molecule has 0 saturated carbocycles. The third-order valence-electron chi connectivity index (χ3n) is 3.67. The zero-order valence-corrected chi connectivity index (χ0v) is 14.0. The first-order valence-electron chi connectivity index (χ1n) is 7.24. The van der Waals surface area contributed by atoms with Gasteiger partial charge in [0.25, 0.3) is 0 Å². The van der Waals surface area contributed by atoms with Gasteiger partial charge >= 0.3 is 0 Å². The van der Waals surface area contributed by atoms with Crippen LogP contribution >= 0.6 is 23.2 Å². The number of hydrogen-bond donors (Lipinski definition) is 2. The summed E-state index contributed by atoms with van der Waals surface area (Å²) in [7, 11) is 0. The van der Waals surface area contributed by atoms with Crippen LogP contribution in [0.5, 0.6) is 0 Å². The maximum Gasteiger partial charge on any atom is 0.128 e. The molecule has 3 rings (SSSR count). The van der Waals surface area contributed by atoms with Gasteiger partial charge in [-0.2, -0.15) is 5.26 Å². The number of hydrogen-bond acceptors (Lipinski definition) is 4. The Morgan fingerprint density at radius 1 is 1.08 bits per heavy atom. The van der Waals surface area contributed by atoms with Crippen LogP contribution < -0.4 is 5.32 Å². The molecule has 0 aliphatic heterocycles. The fourth-order valence-electron chi connectivity index (χ4n) is 2.47. The topological polar surface area (TPSA) is 68.9 Å². The fourth-order valence-corrected chi connectivity index (χ4v) is 2.77. The number of fused-ring (bicyclic) bond motifs is 1. The van der Waals surface area contributed by atoms with E-state index in [0.717, 1.165) is 5.56 Å². The highest BCUT2D eigenvalue weighted by Gasteiger charge is 2.13. The van der Waals surface area contributed by atoms with E-state index in [1.165, 1.54) is 0 Å². The molecule has 2 N–H and O–H groups in total. The summed E-state index contributed by atoms with van der Waals surface area (Å²) in [5.74, 6) is 0.510. The number of benzene rings is 2. The molecule has 0 radical (unpaired) electrons. The quantitative estimate of drug-likeness (QED) is 0.717. The first-order valence-corrected chi connectivity index (χ1v) is 7.99. The van der Waals surface area contributed by atoms with Gasteiger partial charge in [0, 0.05) is 15.4 Å². The van der Waals surface area contributed by atoms with E-state index in [2.05, 4.69) is 16.4 Å². The van der Waals surface area contributed by atoms with Gasteiger partial charge in [0.1, 0.15) is 5.82 Å². The summed E-state index contributed by atoms with van der Waals surface area (Å²) in [5.41, 5.74) is 2.00. The summed E-state index contributed by atoms with van der Waals surface area (Å²) in [5, 5.41) is 24.1. The van der Waals surface area contributed by atoms with Crippen LogP contribution in [-0.4, -0.2) is 16.7 Å². The van der Waals surface area contributed by atoms with Crippen LogP contribution in [0.3, 0.4) is 0 Å². The highest BCUT2D eigenvalue weighted by Crippen LogP contribution is 2.26. The number of halogens is 2. The Hall–Kier alpha value is -2.32. The Labute approximate surface area is 149 Å². The highest BCUT2D eigenvalue weighted by molar-refractivity contribution is 6.31. The zero-order valence-electron chi connectivity index (χ0n) is 12.5. The van der Waals surface area contributed by atoms with Gasteiger partial charge in [0.05, 0.1) is 29.8 Å². The van der Waals surface area contributed by atoms with E-state index in [4.69, 9.17) is 23.2 Å². The minimum atomic E-state index is -0.356. The average Bonchev–Trinajstić information content (AvgIpc) is 2.60. The smallest absolute Gasteiger partial charge is 0.128 e. The highest BCUT2D eigenvalue weighted by atomic mass is 35.5. The molecule has 1 aromatic heterocycles. The largest absolute Gasteiger partial charge is 0.394 e. The number of aliphatic hydroxyl groups excluding tert-OH is 1. The van der Waals surface area contributed by atoms with Crippen LogP contribution in [0.25, 0.3) is 10.9 Å². The fraction of sp³-hybridized carbons (Fsp3) is 0.111. The number of nitriles is 1. The van der Waals surface area contributed by atoms with Gasteiger partial charge in [0.2, 0.25) is 0 Å². The number of nitrogens with one attached hydrogen (secondary N) is 1. The molecule has 0 aliphatic rings. The van der Waals surface area contributed by atoms with Gasteiger partial charge in [0.15, 0.2) is 0 Å². The Morgan fingerprint density at radius 3 is 2.46 bits per heavy atom. The maximum atomic E-state index is 9.68. The van der Waals surface area contributed by atoms with E-state index in [1.54, 1.807) is 36.4 Å². The lowest BCUT2D eigenvalue weighted by Crippen LogP contribution is -2.15. The monoisotopic (exact) mass is 357 g/mol. The summed E-state index contributed by atoms with van der Waals surface area (Å²) in [6.07, 6.45) is 0. The first kappa shape index (κ1) is 16.5. The molecule has 120 valence electrons. The molecular weight excluding hydrogens is 345 g/mol. The number of nitrogens with zero attached hydrogens (tertiary/aromatic N) is 2. The van der Waals surface area contributed by atoms with Gasteiger partial charge in [-0.3, -0.25) is 0 Å². The van der Waals surface area contributed by atoms with E-state index < -0.39 is 0 Å². The minimum Gasteiger partial charge on any atom is -0.394 e. The predicted octanol–water partition coefficient (Wildman–Crippen LogP) is 4.56. The molecule has 0 aliphatic carbocycles. The Bertz CT molecular complexity index is 920. The molecular formula is C18H13Cl2N3O. The van der Waals surface area contributed by atoms with Crippen LogP contribution in [0.4, 0.5) is 5.82 Å². The SMILES string of the molecule is N#Cc1cc(NC(CO)c2ccc(Cl)cc2)nc2ccc(Cl)cc12. The predicted molar refractivity (Wildman–Crippen MR) is 96.4 cm³/mol. The second-order valence-electron chi connectivity index (χ2n) is 5.26. The summed E-state index contributed by atoms with van der Waals surface area (Å²) >= 11 is 11.9. The Morgan fingerprint density at radius 2 is 1.79 bits per heavy atom. The van der Waals surface area contributed by atoms with Gasteiger partial charge in [-0.1, -0.05) is 35.3 Å². The van der Waals surface area contributed by atoms with E-state index in [1.807, 2.05) is 12.1 Å². The van der Waals surface area contributed by atoms with Crippen molar-refractivity contribution in [1.82, 2.24) is 4.98 Å². The van der Waals surface area contributed by atoms with E-state index in [-0.39, 0.29) is 12.6 Å². The maximum absolute atomic E-state index is 9.68. The number of rotatable bonds is 4. The van der Waals surface area contributed by atoms with E-state index >= 15 is 0 Å². The van der Waals surface area contributed by atoms with Gasteiger partial charge in [-0.15, -0.1) is 0 Å².